The Kier molecular flexibility index (Phi) is 7.94. The van der Waals surface area contributed by atoms with Gasteiger partial charge in [-0.05, 0) is 27.7 Å². The lowest BCUT2D eigenvalue weighted by molar-refractivity contribution is -0.142. The summed E-state index contributed by atoms with van der Waals surface area (Å²) in [7, 11) is 0. The molecule has 8 nitrogen and oxygen atoms in total. The number of hydrogen-bond acceptors (Lipinski definition) is 5. The summed E-state index contributed by atoms with van der Waals surface area (Å²) in [6, 6.07) is 14.3. The summed E-state index contributed by atoms with van der Waals surface area (Å²) in [6.07, 6.45) is -0.857. The highest BCUT2D eigenvalue weighted by atomic mass is 16.5. The maximum absolute atomic E-state index is 12.7. The predicted molar refractivity (Wildman–Crippen MR) is 127 cm³/mol. The van der Waals surface area contributed by atoms with E-state index in [1.165, 1.54) is 0 Å². The van der Waals surface area contributed by atoms with Gasteiger partial charge in [0.1, 0.15) is 12.6 Å². The number of alkyl carbamates (subject to hydrolysis) is 1. The quantitative estimate of drug-likeness (QED) is 0.448. The van der Waals surface area contributed by atoms with Crippen molar-refractivity contribution in [3.05, 3.63) is 59.7 Å². The molecule has 2 atom stereocenters. The third-order valence-electron chi connectivity index (χ3n) is 6.12. The summed E-state index contributed by atoms with van der Waals surface area (Å²) in [5.74, 6) is -1.83. The predicted octanol–water partition coefficient (Wildman–Crippen LogP) is 3.28. The molecule has 0 saturated carbocycles. The molecule has 182 valence electrons. The van der Waals surface area contributed by atoms with Gasteiger partial charge in [-0.25, -0.2) is 9.59 Å². The molecule has 1 aliphatic rings. The molecule has 0 fully saturated rings. The van der Waals surface area contributed by atoms with Crippen LogP contribution in [-0.4, -0.2) is 53.5 Å². The van der Waals surface area contributed by atoms with Gasteiger partial charge in [-0.3, -0.25) is 4.79 Å². The number of rotatable bonds is 9. The van der Waals surface area contributed by atoms with E-state index in [1.54, 1.807) is 0 Å². The number of fused-ring (bicyclic) bond motifs is 3. The van der Waals surface area contributed by atoms with Crippen LogP contribution in [0.5, 0.6) is 0 Å². The highest BCUT2D eigenvalue weighted by Gasteiger charge is 2.32. The van der Waals surface area contributed by atoms with E-state index in [9.17, 15) is 19.5 Å². The summed E-state index contributed by atoms with van der Waals surface area (Å²) in [6.45, 7) is 5.41. The summed E-state index contributed by atoms with van der Waals surface area (Å²) in [5, 5.41) is 23.4. The minimum absolute atomic E-state index is 0.0793. The van der Waals surface area contributed by atoms with Gasteiger partial charge in [-0.1, -0.05) is 69.3 Å². The lowest BCUT2D eigenvalue weighted by Gasteiger charge is -2.31. The van der Waals surface area contributed by atoms with Crippen molar-refractivity contribution >= 4 is 18.0 Å². The third kappa shape index (κ3) is 5.94. The first-order chi connectivity index (χ1) is 16.1. The fraction of sp³-hybridized carbons (Fsp3) is 0.423. The minimum Gasteiger partial charge on any atom is -0.480 e. The first-order valence-electron chi connectivity index (χ1n) is 11.4. The van der Waals surface area contributed by atoms with Crippen molar-refractivity contribution in [2.45, 2.75) is 51.6 Å². The molecule has 8 heteroatoms. The van der Waals surface area contributed by atoms with E-state index < -0.39 is 35.5 Å². The number of hydrogen-bond donors (Lipinski definition) is 4. The van der Waals surface area contributed by atoms with E-state index in [4.69, 9.17) is 9.84 Å². The molecule has 1 unspecified atom stereocenters. The number of nitrogens with one attached hydrogen (secondary N) is 2. The number of carboxylic acids is 1. The third-order valence-corrected chi connectivity index (χ3v) is 6.12. The molecule has 2 aromatic carbocycles. The first kappa shape index (κ1) is 25.2. The SMILES string of the molecule is CC(C)(C)C(CC(=O)N[C@H](CCO)C(=O)O)NC(=O)OCC1c2ccccc2-c2ccccc21. The Hall–Kier alpha value is -3.39. The van der Waals surface area contributed by atoms with Crippen LogP contribution in [0.2, 0.25) is 0 Å². The van der Waals surface area contributed by atoms with E-state index in [0.29, 0.717) is 0 Å². The van der Waals surface area contributed by atoms with Crippen LogP contribution < -0.4 is 10.6 Å². The topological polar surface area (TPSA) is 125 Å². The molecule has 0 heterocycles. The molecular formula is C26H32N2O6. The van der Waals surface area contributed by atoms with Crippen LogP contribution >= 0.6 is 0 Å². The van der Waals surface area contributed by atoms with E-state index >= 15 is 0 Å². The highest BCUT2D eigenvalue weighted by Crippen LogP contribution is 2.44. The van der Waals surface area contributed by atoms with Crippen molar-refractivity contribution in [1.29, 1.82) is 0 Å². The van der Waals surface area contributed by atoms with Crippen LogP contribution in [0, 0.1) is 5.41 Å². The molecule has 1 aliphatic carbocycles. The van der Waals surface area contributed by atoms with Crippen molar-refractivity contribution in [2.24, 2.45) is 5.41 Å². The van der Waals surface area contributed by atoms with Gasteiger partial charge in [-0.2, -0.15) is 0 Å². The van der Waals surface area contributed by atoms with Gasteiger partial charge in [0, 0.05) is 31.4 Å². The molecule has 34 heavy (non-hydrogen) atoms. The Morgan fingerprint density at radius 2 is 1.53 bits per heavy atom. The van der Waals surface area contributed by atoms with Crippen molar-refractivity contribution in [2.75, 3.05) is 13.2 Å². The monoisotopic (exact) mass is 468 g/mol. The van der Waals surface area contributed by atoms with Gasteiger partial charge in [0.2, 0.25) is 5.91 Å². The molecule has 0 saturated heterocycles. The lowest BCUT2D eigenvalue weighted by atomic mass is 9.84. The van der Waals surface area contributed by atoms with Crippen molar-refractivity contribution in [3.63, 3.8) is 0 Å². The number of aliphatic carboxylic acids is 1. The van der Waals surface area contributed by atoms with Gasteiger partial charge in [0.05, 0.1) is 0 Å². The second-order valence-electron chi connectivity index (χ2n) is 9.56. The van der Waals surface area contributed by atoms with Gasteiger partial charge in [0.15, 0.2) is 0 Å². The molecule has 3 rings (SSSR count). The Bertz CT molecular complexity index is 1000. The molecule has 4 N–H and O–H groups in total. The van der Waals surface area contributed by atoms with Crippen molar-refractivity contribution < 1.29 is 29.3 Å². The van der Waals surface area contributed by atoms with Crippen LogP contribution in [0.25, 0.3) is 11.1 Å². The highest BCUT2D eigenvalue weighted by molar-refractivity contribution is 5.84. The van der Waals surface area contributed by atoms with E-state index in [1.807, 2.05) is 57.2 Å². The summed E-state index contributed by atoms with van der Waals surface area (Å²) in [4.78, 5) is 36.4. The van der Waals surface area contributed by atoms with Gasteiger partial charge in [-0.15, -0.1) is 0 Å². The summed E-state index contributed by atoms with van der Waals surface area (Å²) in [5.41, 5.74) is 3.98. The second-order valence-corrected chi connectivity index (χ2v) is 9.56. The zero-order valence-electron chi connectivity index (χ0n) is 19.7. The fourth-order valence-electron chi connectivity index (χ4n) is 4.18. The number of amides is 2. The van der Waals surface area contributed by atoms with Crippen LogP contribution in [0.4, 0.5) is 4.79 Å². The smallest absolute Gasteiger partial charge is 0.407 e. The normalized spacial score (nSPS) is 14.5. The van der Waals surface area contributed by atoms with E-state index in [-0.39, 0.29) is 32.0 Å². The van der Waals surface area contributed by atoms with Crippen LogP contribution in [0.3, 0.4) is 0 Å². The molecule has 0 bridgehead atoms. The van der Waals surface area contributed by atoms with E-state index in [0.717, 1.165) is 22.3 Å². The molecule has 2 aromatic rings. The van der Waals surface area contributed by atoms with Gasteiger partial charge >= 0.3 is 12.1 Å². The molecule has 0 radical (unpaired) electrons. The minimum atomic E-state index is -1.22. The Morgan fingerprint density at radius 3 is 2.03 bits per heavy atom. The fourth-order valence-corrected chi connectivity index (χ4v) is 4.18. The van der Waals surface area contributed by atoms with Crippen molar-refractivity contribution in [3.8, 4) is 11.1 Å². The molecule has 0 aromatic heterocycles. The molecule has 2 amide bonds. The molecule has 0 spiro atoms. The molecule has 0 aliphatic heterocycles. The number of aliphatic hydroxyl groups is 1. The maximum Gasteiger partial charge on any atom is 0.407 e. The van der Waals surface area contributed by atoms with Gasteiger partial charge < -0.3 is 25.6 Å². The standard InChI is InChI=1S/C26H32N2O6/c1-26(2,3)22(14-23(30)27-21(12-13-29)24(31)32)28-25(33)34-15-20-18-10-6-4-8-16(18)17-9-5-7-11-19(17)20/h4-11,20-22,29H,12-15H2,1-3H3,(H,27,30)(H,28,33)(H,31,32)/t21-,22?/m1/s1. The maximum atomic E-state index is 12.7. The lowest BCUT2D eigenvalue weighted by Crippen LogP contribution is -2.49. The number of carboxylic acid groups (broad SMARTS) is 1. The Labute approximate surface area is 199 Å². The van der Waals surface area contributed by atoms with Crippen molar-refractivity contribution in [1.82, 2.24) is 10.6 Å². The largest absolute Gasteiger partial charge is 0.480 e. The van der Waals surface area contributed by atoms with E-state index in [2.05, 4.69) is 22.8 Å². The summed E-state index contributed by atoms with van der Waals surface area (Å²) >= 11 is 0. The first-order valence-corrected chi connectivity index (χ1v) is 11.4. The number of carbonyl (C=O) groups excluding carboxylic acids is 2. The second kappa shape index (κ2) is 10.7. The number of carbonyl (C=O) groups is 3. The zero-order valence-corrected chi connectivity index (χ0v) is 19.7. The molecular weight excluding hydrogens is 436 g/mol. The Morgan fingerprint density at radius 1 is 0.971 bits per heavy atom. The van der Waals surface area contributed by atoms with Crippen LogP contribution in [-0.2, 0) is 14.3 Å². The van der Waals surface area contributed by atoms with Crippen LogP contribution in [0.15, 0.2) is 48.5 Å². The van der Waals surface area contributed by atoms with Crippen LogP contribution in [0.1, 0.15) is 50.7 Å². The number of ether oxygens (including phenoxy) is 1. The average molecular weight is 469 g/mol. The average Bonchev–Trinajstić information content (AvgIpc) is 3.10. The summed E-state index contributed by atoms with van der Waals surface area (Å²) < 4.78 is 5.60. The van der Waals surface area contributed by atoms with Gasteiger partial charge in [0.25, 0.3) is 0 Å². The number of aliphatic hydroxyl groups excluding tert-OH is 1. The number of benzene rings is 2. The Balaban J connectivity index is 1.64. The zero-order chi connectivity index (χ0) is 24.9.